The third kappa shape index (κ3) is 4.04. The molecule has 0 spiro atoms. The number of rotatable bonds is 4. The summed E-state index contributed by atoms with van der Waals surface area (Å²) in [5, 5.41) is 2.75. The molecular formula is C17H10Cl2FN3O2. The van der Waals surface area contributed by atoms with Gasteiger partial charge in [-0.1, -0.05) is 35.3 Å². The average molecular weight is 378 g/mol. The van der Waals surface area contributed by atoms with E-state index in [0.717, 1.165) is 6.07 Å². The number of benzene rings is 2. The summed E-state index contributed by atoms with van der Waals surface area (Å²) in [4.78, 5) is 20.0. The van der Waals surface area contributed by atoms with Gasteiger partial charge in [0.25, 0.3) is 5.91 Å². The van der Waals surface area contributed by atoms with Crippen LogP contribution >= 0.6 is 23.2 Å². The summed E-state index contributed by atoms with van der Waals surface area (Å²) in [6, 6.07) is 10.5. The molecule has 1 aromatic heterocycles. The molecule has 0 bridgehead atoms. The van der Waals surface area contributed by atoms with E-state index in [1.165, 1.54) is 24.5 Å². The lowest BCUT2D eigenvalue weighted by Crippen LogP contribution is -2.15. The minimum atomic E-state index is -0.542. The van der Waals surface area contributed by atoms with Crippen LogP contribution in [0.25, 0.3) is 0 Å². The van der Waals surface area contributed by atoms with Gasteiger partial charge in [0.2, 0.25) is 0 Å². The molecular weight excluding hydrogens is 368 g/mol. The Morgan fingerprint density at radius 2 is 1.80 bits per heavy atom. The first-order valence-electron chi connectivity index (χ1n) is 7.04. The molecule has 1 amide bonds. The molecule has 0 aliphatic carbocycles. The number of halogens is 3. The number of nitrogens with zero attached hydrogens (tertiary/aromatic N) is 2. The number of carbonyl (C=O) groups excluding carboxylic acids is 1. The Bertz CT molecular complexity index is 937. The summed E-state index contributed by atoms with van der Waals surface area (Å²) in [7, 11) is 0. The molecule has 0 aliphatic heterocycles. The van der Waals surface area contributed by atoms with E-state index < -0.39 is 11.7 Å². The molecule has 1 N–H and O–H groups in total. The topological polar surface area (TPSA) is 64.1 Å². The number of carbonyl (C=O) groups is 1. The summed E-state index contributed by atoms with van der Waals surface area (Å²) >= 11 is 11.8. The zero-order chi connectivity index (χ0) is 17.8. The lowest BCUT2D eigenvalue weighted by molar-refractivity contribution is 0.102. The number of para-hydroxylation sites is 2. The zero-order valence-electron chi connectivity index (χ0n) is 12.5. The second-order valence-corrected chi connectivity index (χ2v) is 5.59. The minimum Gasteiger partial charge on any atom is -0.454 e. The molecule has 0 radical (unpaired) electrons. The molecule has 3 aromatic rings. The number of hydrogen-bond acceptors (Lipinski definition) is 4. The van der Waals surface area contributed by atoms with E-state index in [2.05, 4.69) is 15.3 Å². The fourth-order valence-corrected chi connectivity index (χ4v) is 2.39. The van der Waals surface area contributed by atoms with E-state index in [9.17, 15) is 9.18 Å². The van der Waals surface area contributed by atoms with Crippen LogP contribution in [-0.2, 0) is 0 Å². The highest BCUT2D eigenvalue weighted by molar-refractivity contribution is 6.33. The van der Waals surface area contributed by atoms with E-state index in [-0.39, 0.29) is 21.6 Å². The Kier molecular flexibility index (Phi) is 5.11. The first kappa shape index (κ1) is 17.1. The molecule has 0 saturated heterocycles. The number of anilines is 1. The summed E-state index contributed by atoms with van der Waals surface area (Å²) in [5.41, 5.74) is 0.355. The largest absolute Gasteiger partial charge is 0.454 e. The molecule has 126 valence electrons. The Balaban J connectivity index is 1.86. The van der Waals surface area contributed by atoms with Crippen LogP contribution in [0.3, 0.4) is 0 Å². The Morgan fingerprint density at radius 3 is 2.56 bits per heavy atom. The van der Waals surface area contributed by atoms with E-state index >= 15 is 0 Å². The Hall–Kier alpha value is -2.70. The molecule has 0 saturated carbocycles. The van der Waals surface area contributed by atoms with E-state index in [4.69, 9.17) is 27.9 Å². The predicted octanol–water partition coefficient (Wildman–Crippen LogP) is 4.97. The Labute approximate surface area is 152 Å². The van der Waals surface area contributed by atoms with Gasteiger partial charge in [0, 0.05) is 12.4 Å². The third-order valence-corrected chi connectivity index (χ3v) is 3.69. The normalized spacial score (nSPS) is 10.4. The van der Waals surface area contributed by atoms with E-state index in [1.807, 2.05) is 0 Å². The van der Waals surface area contributed by atoms with Gasteiger partial charge in [-0.2, -0.15) is 0 Å². The lowest BCUT2D eigenvalue weighted by Gasteiger charge is -2.13. The molecule has 2 aromatic carbocycles. The van der Waals surface area contributed by atoms with Gasteiger partial charge in [-0.15, -0.1) is 0 Å². The van der Waals surface area contributed by atoms with Crippen molar-refractivity contribution >= 4 is 34.8 Å². The molecule has 0 atom stereocenters. The maximum Gasteiger partial charge on any atom is 0.277 e. The molecule has 8 heteroatoms. The zero-order valence-corrected chi connectivity index (χ0v) is 14.1. The third-order valence-electron chi connectivity index (χ3n) is 3.12. The van der Waals surface area contributed by atoms with Gasteiger partial charge in [0.15, 0.2) is 16.6 Å². The van der Waals surface area contributed by atoms with Crippen molar-refractivity contribution in [3.8, 4) is 11.5 Å². The van der Waals surface area contributed by atoms with Gasteiger partial charge in [0.1, 0.15) is 11.6 Å². The summed E-state index contributed by atoms with van der Waals surface area (Å²) in [6.07, 6.45) is 2.74. The highest BCUT2D eigenvalue weighted by Gasteiger charge is 2.15. The highest BCUT2D eigenvalue weighted by Crippen LogP contribution is 2.34. The van der Waals surface area contributed by atoms with Crippen molar-refractivity contribution in [2.24, 2.45) is 0 Å². The van der Waals surface area contributed by atoms with Gasteiger partial charge in [0.05, 0.1) is 10.7 Å². The second-order valence-electron chi connectivity index (χ2n) is 4.82. The van der Waals surface area contributed by atoms with Crippen LogP contribution in [0.5, 0.6) is 11.5 Å². The summed E-state index contributed by atoms with van der Waals surface area (Å²) < 4.78 is 18.8. The Morgan fingerprint density at radius 1 is 1.04 bits per heavy atom. The summed E-state index contributed by atoms with van der Waals surface area (Å²) in [6.45, 7) is 0. The highest BCUT2D eigenvalue weighted by atomic mass is 35.5. The van der Waals surface area contributed by atoms with Crippen LogP contribution in [0.15, 0.2) is 54.9 Å². The van der Waals surface area contributed by atoms with Crippen LogP contribution in [-0.4, -0.2) is 15.9 Å². The standard InChI is InChI=1S/C17H10Cl2FN3O2/c18-11-9-10(20)5-6-13(11)25-14-4-2-1-3-12(14)23-17(24)15-16(19)22-8-7-21-15/h1-9H,(H,23,24). The van der Waals surface area contributed by atoms with E-state index in [0.29, 0.717) is 11.4 Å². The lowest BCUT2D eigenvalue weighted by atomic mass is 10.2. The smallest absolute Gasteiger partial charge is 0.277 e. The van der Waals surface area contributed by atoms with Crippen molar-refractivity contribution in [3.05, 3.63) is 76.5 Å². The van der Waals surface area contributed by atoms with Crippen LogP contribution in [0, 0.1) is 5.82 Å². The second kappa shape index (κ2) is 7.46. The molecule has 0 unspecified atom stereocenters. The first-order chi connectivity index (χ1) is 12.0. The fourth-order valence-electron chi connectivity index (χ4n) is 1.99. The van der Waals surface area contributed by atoms with Crippen molar-refractivity contribution in [3.63, 3.8) is 0 Å². The van der Waals surface area contributed by atoms with Crippen molar-refractivity contribution in [1.29, 1.82) is 0 Å². The minimum absolute atomic E-state index is 0.0139. The van der Waals surface area contributed by atoms with Gasteiger partial charge >= 0.3 is 0 Å². The van der Waals surface area contributed by atoms with Crippen LogP contribution in [0.2, 0.25) is 10.2 Å². The van der Waals surface area contributed by atoms with Crippen molar-refractivity contribution in [2.45, 2.75) is 0 Å². The fraction of sp³-hybridized carbons (Fsp3) is 0. The van der Waals surface area contributed by atoms with Gasteiger partial charge < -0.3 is 10.1 Å². The monoisotopic (exact) mass is 377 g/mol. The molecule has 1 heterocycles. The molecule has 3 rings (SSSR count). The number of aromatic nitrogens is 2. The first-order valence-corrected chi connectivity index (χ1v) is 7.80. The molecule has 5 nitrogen and oxygen atoms in total. The van der Waals surface area contributed by atoms with Crippen molar-refractivity contribution < 1.29 is 13.9 Å². The number of ether oxygens (including phenoxy) is 1. The SMILES string of the molecule is O=C(Nc1ccccc1Oc1ccc(F)cc1Cl)c1nccnc1Cl. The maximum atomic E-state index is 13.1. The van der Waals surface area contributed by atoms with E-state index in [1.54, 1.807) is 24.3 Å². The molecule has 0 aliphatic rings. The van der Waals surface area contributed by atoms with Crippen molar-refractivity contribution in [2.75, 3.05) is 5.32 Å². The predicted molar refractivity (Wildman–Crippen MR) is 92.9 cm³/mol. The van der Waals surface area contributed by atoms with Gasteiger partial charge in [-0.3, -0.25) is 4.79 Å². The van der Waals surface area contributed by atoms with Crippen LogP contribution in [0.1, 0.15) is 10.5 Å². The number of hydrogen-bond donors (Lipinski definition) is 1. The van der Waals surface area contributed by atoms with Gasteiger partial charge in [-0.05, 0) is 30.3 Å². The number of nitrogens with one attached hydrogen (secondary N) is 1. The average Bonchev–Trinajstić information content (AvgIpc) is 2.59. The molecule has 25 heavy (non-hydrogen) atoms. The number of amides is 1. The summed E-state index contributed by atoms with van der Waals surface area (Å²) in [5.74, 6) is -0.442. The van der Waals surface area contributed by atoms with Gasteiger partial charge in [-0.25, -0.2) is 14.4 Å². The maximum absolute atomic E-state index is 13.1. The molecule has 0 fully saturated rings. The van der Waals surface area contributed by atoms with Crippen LogP contribution < -0.4 is 10.1 Å². The van der Waals surface area contributed by atoms with Crippen molar-refractivity contribution in [1.82, 2.24) is 9.97 Å². The van der Waals surface area contributed by atoms with Crippen LogP contribution in [0.4, 0.5) is 10.1 Å². The quantitative estimate of drug-likeness (QED) is 0.697.